The molecule has 3 heterocycles. The number of sulfonamides is 1. The molecule has 0 bridgehead atoms. The second-order valence-electron chi connectivity index (χ2n) is 8.50. The van der Waals surface area contributed by atoms with Crippen LogP contribution >= 0.6 is 11.5 Å². The first kappa shape index (κ1) is 21.4. The summed E-state index contributed by atoms with van der Waals surface area (Å²) < 4.78 is 37.9. The lowest BCUT2D eigenvalue weighted by molar-refractivity contribution is 0.0488. The molecule has 1 fully saturated rings. The largest absolute Gasteiger partial charge is 0.493 e. The van der Waals surface area contributed by atoms with Crippen molar-refractivity contribution in [1.82, 2.24) is 14.3 Å². The predicted octanol–water partition coefficient (Wildman–Crippen LogP) is 4.64. The van der Waals surface area contributed by atoms with Crippen molar-refractivity contribution in [2.45, 2.75) is 43.2 Å². The van der Waals surface area contributed by atoms with Crippen molar-refractivity contribution >= 4 is 26.7 Å². The Balaban J connectivity index is 1.45. The van der Waals surface area contributed by atoms with E-state index in [2.05, 4.69) is 56.2 Å². The van der Waals surface area contributed by atoms with Crippen molar-refractivity contribution in [2.24, 2.45) is 5.92 Å². The number of anilines is 1. The number of nitrogens with one attached hydrogen (secondary N) is 1. The molecule has 2 aromatic carbocycles. The van der Waals surface area contributed by atoms with E-state index in [-0.39, 0.29) is 16.1 Å². The van der Waals surface area contributed by atoms with E-state index in [0.29, 0.717) is 24.3 Å². The number of aromatic nitrogens is 2. The minimum atomic E-state index is -3.76. The molecule has 3 atom stereocenters. The Morgan fingerprint density at radius 1 is 1.12 bits per heavy atom. The third kappa shape index (κ3) is 4.24. The summed E-state index contributed by atoms with van der Waals surface area (Å²) in [7, 11) is -3.76. The van der Waals surface area contributed by atoms with Crippen LogP contribution in [-0.2, 0) is 10.0 Å². The molecule has 3 aromatic rings. The van der Waals surface area contributed by atoms with Crippen LogP contribution in [0.4, 0.5) is 5.13 Å². The summed E-state index contributed by atoms with van der Waals surface area (Å²) in [5.41, 5.74) is 2.40. The molecule has 0 amide bonds. The fourth-order valence-electron chi connectivity index (χ4n) is 4.79. The number of rotatable bonds is 5. The van der Waals surface area contributed by atoms with Gasteiger partial charge in [0.2, 0.25) is 5.13 Å². The number of likely N-dealkylation sites (tertiary alicyclic amines) is 1. The van der Waals surface area contributed by atoms with E-state index in [1.165, 1.54) is 11.9 Å². The second kappa shape index (κ2) is 8.80. The van der Waals surface area contributed by atoms with Gasteiger partial charge < -0.3 is 4.74 Å². The summed E-state index contributed by atoms with van der Waals surface area (Å²) in [4.78, 5) is 6.66. The van der Waals surface area contributed by atoms with Crippen LogP contribution in [0.25, 0.3) is 0 Å². The number of hydrogen-bond donors (Lipinski definition) is 1. The normalized spacial score (nSPS) is 23.8. The standard InChI is InChI=1S/C23H26N4O3S2/c1-16-9-11-27(21(13-16)17-5-3-2-4-6-17)20-10-12-30-22-14-18(7-8-19(20)22)32(28,29)26-23-24-15-25-31-23/h2-8,14-16,20-21H,9-13H2,1H3,(H,24,25,26)/t16-,20-,21+/m0/s1. The monoisotopic (exact) mass is 470 g/mol. The Bertz CT molecular complexity index is 1170. The van der Waals surface area contributed by atoms with Crippen molar-refractivity contribution in [1.29, 1.82) is 0 Å². The summed E-state index contributed by atoms with van der Waals surface area (Å²) in [6.45, 7) is 3.91. The highest BCUT2D eigenvalue weighted by molar-refractivity contribution is 7.93. The van der Waals surface area contributed by atoms with Gasteiger partial charge in [-0.2, -0.15) is 4.37 Å². The highest BCUT2D eigenvalue weighted by atomic mass is 32.2. The average Bonchev–Trinajstić information content (AvgIpc) is 3.31. The third-order valence-corrected chi connectivity index (χ3v) is 8.42. The zero-order valence-corrected chi connectivity index (χ0v) is 19.5. The van der Waals surface area contributed by atoms with E-state index in [0.717, 1.165) is 42.9 Å². The van der Waals surface area contributed by atoms with E-state index in [9.17, 15) is 8.42 Å². The number of fused-ring (bicyclic) bond motifs is 1. The van der Waals surface area contributed by atoms with Crippen LogP contribution in [0.3, 0.4) is 0 Å². The molecular weight excluding hydrogens is 444 g/mol. The number of hydrogen-bond acceptors (Lipinski definition) is 7. The topological polar surface area (TPSA) is 84.4 Å². The van der Waals surface area contributed by atoms with Gasteiger partial charge in [0, 0.05) is 41.7 Å². The molecule has 0 spiro atoms. The molecule has 1 N–H and O–H groups in total. The van der Waals surface area contributed by atoms with Crippen LogP contribution in [0.15, 0.2) is 59.8 Å². The molecule has 0 aliphatic carbocycles. The third-order valence-electron chi connectivity index (χ3n) is 6.38. The molecule has 1 saturated heterocycles. The molecule has 168 valence electrons. The fraction of sp³-hybridized carbons (Fsp3) is 0.391. The highest BCUT2D eigenvalue weighted by Crippen LogP contribution is 2.45. The highest BCUT2D eigenvalue weighted by Gasteiger charge is 2.36. The van der Waals surface area contributed by atoms with Gasteiger partial charge in [-0.25, -0.2) is 13.4 Å². The first-order valence-electron chi connectivity index (χ1n) is 10.9. The number of benzene rings is 2. The van der Waals surface area contributed by atoms with Crippen molar-refractivity contribution in [3.8, 4) is 5.75 Å². The zero-order chi connectivity index (χ0) is 22.1. The second-order valence-corrected chi connectivity index (χ2v) is 11.0. The zero-order valence-electron chi connectivity index (χ0n) is 17.8. The van der Waals surface area contributed by atoms with Crippen LogP contribution in [0.1, 0.15) is 49.4 Å². The van der Waals surface area contributed by atoms with Gasteiger partial charge in [0.1, 0.15) is 12.1 Å². The molecule has 2 aliphatic rings. The lowest BCUT2D eigenvalue weighted by Crippen LogP contribution is -2.40. The molecule has 1 aromatic heterocycles. The minimum absolute atomic E-state index is 0.166. The lowest BCUT2D eigenvalue weighted by Gasteiger charge is -2.45. The van der Waals surface area contributed by atoms with Gasteiger partial charge in [-0.1, -0.05) is 43.3 Å². The molecule has 9 heteroatoms. The maximum absolute atomic E-state index is 12.8. The van der Waals surface area contributed by atoms with Gasteiger partial charge in [-0.15, -0.1) is 0 Å². The van der Waals surface area contributed by atoms with Crippen LogP contribution < -0.4 is 9.46 Å². The molecular formula is C23H26N4O3S2. The quantitative estimate of drug-likeness (QED) is 0.585. The average molecular weight is 471 g/mol. The Morgan fingerprint density at radius 2 is 1.97 bits per heavy atom. The molecule has 5 rings (SSSR count). The van der Waals surface area contributed by atoms with Crippen LogP contribution in [0.5, 0.6) is 5.75 Å². The smallest absolute Gasteiger partial charge is 0.263 e. The summed E-state index contributed by atoms with van der Waals surface area (Å²) in [5, 5.41) is 0.245. The van der Waals surface area contributed by atoms with Crippen molar-refractivity contribution in [2.75, 3.05) is 17.9 Å². The van der Waals surface area contributed by atoms with E-state index in [1.54, 1.807) is 12.1 Å². The summed E-state index contributed by atoms with van der Waals surface area (Å²) in [6, 6.07) is 16.4. The number of nitrogens with zero attached hydrogens (tertiary/aromatic N) is 3. The SMILES string of the molecule is C[C@H]1CCN([C@H]2CCOc3cc(S(=O)(=O)Nc4ncns4)ccc32)[C@@H](c2ccccc2)C1. The molecule has 0 saturated carbocycles. The van der Waals surface area contributed by atoms with Gasteiger partial charge in [-0.3, -0.25) is 9.62 Å². The Morgan fingerprint density at radius 3 is 2.75 bits per heavy atom. The van der Waals surface area contributed by atoms with Gasteiger partial charge >= 0.3 is 0 Å². The van der Waals surface area contributed by atoms with Gasteiger partial charge in [-0.05, 0) is 36.9 Å². The van der Waals surface area contributed by atoms with E-state index >= 15 is 0 Å². The molecule has 32 heavy (non-hydrogen) atoms. The fourth-order valence-corrected chi connectivity index (χ4v) is 6.47. The van der Waals surface area contributed by atoms with Gasteiger partial charge in [0.15, 0.2) is 0 Å². The Kier molecular flexibility index (Phi) is 5.88. The predicted molar refractivity (Wildman–Crippen MR) is 124 cm³/mol. The van der Waals surface area contributed by atoms with Crippen molar-refractivity contribution in [3.05, 3.63) is 66.0 Å². The maximum atomic E-state index is 12.8. The van der Waals surface area contributed by atoms with Crippen molar-refractivity contribution < 1.29 is 13.2 Å². The van der Waals surface area contributed by atoms with Crippen molar-refractivity contribution in [3.63, 3.8) is 0 Å². The summed E-state index contributed by atoms with van der Waals surface area (Å²) in [6.07, 6.45) is 4.49. The van der Waals surface area contributed by atoms with Crippen LogP contribution in [-0.4, -0.2) is 35.8 Å². The first-order chi connectivity index (χ1) is 15.5. The van der Waals surface area contributed by atoms with Crippen LogP contribution in [0, 0.1) is 5.92 Å². The summed E-state index contributed by atoms with van der Waals surface area (Å²) >= 11 is 1.00. The number of piperidine rings is 1. The molecule has 2 aliphatic heterocycles. The molecule has 0 unspecified atom stereocenters. The maximum Gasteiger partial charge on any atom is 0.263 e. The Labute approximate surface area is 192 Å². The van der Waals surface area contributed by atoms with Gasteiger partial charge in [0.05, 0.1) is 11.5 Å². The Hall–Kier alpha value is -2.49. The summed E-state index contributed by atoms with van der Waals surface area (Å²) in [5.74, 6) is 1.32. The molecule has 0 radical (unpaired) electrons. The number of ether oxygens (including phenoxy) is 1. The minimum Gasteiger partial charge on any atom is -0.493 e. The van der Waals surface area contributed by atoms with Gasteiger partial charge in [0.25, 0.3) is 10.0 Å². The lowest BCUT2D eigenvalue weighted by atomic mass is 9.85. The van der Waals surface area contributed by atoms with E-state index < -0.39 is 10.0 Å². The molecule has 7 nitrogen and oxygen atoms in total. The van der Waals surface area contributed by atoms with E-state index in [1.807, 2.05) is 6.07 Å². The van der Waals surface area contributed by atoms with E-state index in [4.69, 9.17) is 4.74 Å². The van der Waals surface area contributed by atoms with Crippen LogP contribution in [0.2, 0.25) is 0 Å². The first-order valence-corrected chi connectivity index (χ1v) is 13.1.